The minimum absolute atomic E-state index is 0.407. The average molecular weight is 276 g/mol. The van der Waals surface area contributed by atoms with Crippen LogP contribution >= 0.6 is 34.8 Å². The summed E-state index contributed by atoms with van der Waals surface area (Å²) in [5.41, 5.74) is 0. The quantitative estimate of drug-likeness (QED) is 0.362. The molecule has 0 aliphatic heterocycles. The van der Waals surface area contributed by atoms with Gasteiger partial charge >= 0.3 is 5.97 Å². The van der Waals surface area contributed by atoms with Crippen molar-refractivity contribution in [2.24, 2.45) is 0 Å². The van der Waals surface area contributed by atoms with Gasteiger partial charge in [-0.05, 0) is 12.8 Å². The van der Waals surface area contributed by atoms with Gasteiger partial charge in [0.15, 0.2) is 0 Å². The molecule has 0 bridgehead atoms. The van der Waals surface area contributed by atoms with E-state index in [1.54, 1.807) is 0 Å². The van der Waals surface area contributed by atoms with Crippen molar-refractivity contribution in [3.63, 3.8) is 0 Å². The van der Waals surface area contributed by atoms with Gasteiger partial charge in [-0.2, -0.15) is 0 Å². The highest BCUT2D eigenvalue weighted by Crippen LogP contribution is 2.08. The third-order valence-electron chi connectivity index (χ3n) is 1.95. The van der Waals surface area contributed by atoms with Gasteiger partial charge in [0, 0.05) is 5.88 Å². The summed E-state index contributed by atoms with van der Waals surface area (Å²) in [6, 6.07) is 0. The van der Waals surface area contributed by atoms with Crippen LogP contribution in [0.2, 0.25) is 0 Å². The van der Waals surface area contributed by atoms with Crippen LogP contribution in [-0.4, -0.2) is 23.3 Å². The Bertz CT molecular complexity index is 163. The number of unbranched alkanes of at least 4 members (excludes halogenated alkanes) is 5. The molecule has 0 aromatic heterocycles. The van der Waals surface area contributed by atoms with E-state index in [1.165, 1.54) is 12.8 Å². The van der Waals surface area contributed by atoms with Crippen LogP contribution in [0.4, 0.5) is 0 Å². The minimum atomic E-state index is -1.06. The molecule has 0 aromatic rings. The zero-order valence-corrected chi connectivity index (χ0v) is 11.0. The number of carbonyl (C=O) groups excluding carboxylic acids is 1. The Morgan fingerprint density at radius 2 is 1.53 bits per heavy atom. The lowest BCUT2D eigenvalue weighted by Crippen LogP contribution is -2.12. The average Bonchev–Trinajstić information content (AvgIpc) is 2.21. The van der Waals surface area contributed by atoms with Crippen molar-refractivity contribution in [2.45, 2.75) is 43.4 Å². The lowest BCUT2D eigenvalue weighted by molar-refractivity contribution is -0.141. The van der Waals surface area contributed by atoms with Crippen molar-refractivity contribution < 1.29 is 9.53 Å². The van der Waals surface area contributed by atoms with Crippen molar-refractivity contribution in [1.29, 1.82) is 0 Å². The zero-order chi connectivity index (χ0) is 11.5. The highest BCUT2D eigenvalue weighted by Gasteiger charge is 2.11. The van der Waals surface area contributed by atoms with E-state index in [0.717, 1.165) is 31.6 Å². The Labute approximate surface area is 106 Å². The van der Waals surface area contributed by atoms with Gasteiger partial charge < -0.3 is 4.74 Å². The fourth-order valence-corrected chi connectivity index (χ4v) is 1.45. The number of ether oxygens (including phenoxy) is 1. The number of rotatable bonds is 9. The van der Waals surface area contributed by atoms with E-state index in [0.29, 0.717) is 6.61 Å². The van der Waals surface area contributed by atoms with E-state index in [4.69, 9.17) is 39.5 Å². The Morgan fingerprint density at radius 3 is 2.07 bits per heavy atom. The van der Waals surface area contributed by atoms with Crippen LogP contribution in [0.25, 0.3) is 0 Å². The van der Waals surface area contributed by atoms with Gasteiger partial charge in [0.1, 0.15) is 0 Å². The van der Waals surface area contributed by atoms with Gasteiger partial charge in [0.05, 0.1) is 6.61 Å². The van der Waals surface area contributed by atoms with Crippen LogP contribution in [0.15, 0.2) is 0 Å². The number of esters is 1. The maximum Gasteiger partial charge on any atom is 0.339 e. The first-order chi connectivity index (χ1) is 7.18. The van der Waals surface area contributed by atoms with Crippen LogP contribution in [0.3, 0.4) is 0 Å². The van der Waals surface area contributed by atoms with Crippen molar-refractivity contribution in [3.8, 4) is 0 Å². The van der Waals surface area contributed by atoms with Crippen molar-refractivity contribution in [2.75, 3.05) is 12.5 Å². The molecule has 0 saturated heterocycles. The smallest absolute Gasteiger partial charge is 0.339 e. The van der Waals surface area contributed by atoms with Gasteiger partial charge in [-0.1, -0.05) is 48.9 Å². The first kappa shape index (κ1) is 15.3. The summed E-state index contributed by atoms with van der Waals surface area (Å²) >= 11 is 16.2. The summed E-state index contributed by atoms with van der Waals surface area (Å²) < 4.78 is 4.81. The molecule has 2 nitrogen and oxygen atoms in total. The molecule has 0 radical (unpaired) electrons. The summed E-state index contributed by atoms with van der Waals surface area (Å²) in [6.45, 7) is 0.407. The summed E-state index contributed by atoms with van der Waals surface area (Å²) in [4.78, 5) is 9.75. The second-order valence-electron chi connectivity index (χ2n) is 3.28. The molecule has 0 fully saturated rings. The number of carbonyl (C=O) groups is 1. The third-order valence-corrected chi connectivity index (χ3v) is 2.57. The fraction of sp³-hybridized carbons (Fsp3) is 0.900. The van der Waals surface area contributed by atoms with Crippen molar-refractivity contribution in [1.82, 2.24) is 0 Å². The molecule has 0 aromatic carbocycles. The Morgan fingerprint density at radius 1 is 1.00 bits per heavy atom. The van der Waals surface area contributed by atoms with Crippen LogP contribution < -0.4 is 0 Å². The van der Waals surface area contributed by atoms with Crippen LogP contribution in [-0.2, 0) is 9.53 Å². The lowest BCUT2D eigenvalue weighted by Gasteiger charge is -2.04. The Hall–Kier alpha value is 0.340. The second-order valence-corrected chi connectivity index (χ2v) is 4.75. The SMILES string of the molecule is O=C(OCCCCCCCCCl)C(Cl)Cl. The fourth-order valence-electron chi connectivity index (χ4n) is 1.14. The first-order valence-corrected chi connectivity index (χ1v) is 6.60. The monoisotopic (exact) mass is 274 g/mol. The van der Waals surface area contributed by atoms with Gasteiger partial charge in [0.2, 0.25) is 4.84 Å². The summed E-state index contributed by atoms with van der Waals surface area (Å²) in [5, 5.41) is 0. The topological polar surface area (TPSA) is 26.3 Å². The lowest BCUT2D eigenvalue weighted by atomic mass is 10.1. The zero-order valence-electron chi connectivity index (χ0n) is 8.68. The molecule has 0 heterocycles. The first-order valence-electron chi connectivity index (χ1n) is 5.19. The highest BCUT2D eigenvalue weighted by molar-refractivity contribution is 6.52. The minimum Gasteiger partial charge on any atom is -0.464 e. The molecule has 0 spiro atoms. The molecule has 0 unspecified atom stereocenters. The van der Waals surface area contributed by atoms with Crippen LogP contribution in [0.1, 0.15) is 38.5 Å². The van der Waals surface area contributed by atoms with Gasteiger partial charge in [0.25, 0.3) is 0 Å². The number of hydrogen-bond donors (Lipinski definition) is 0. The molecule has 15 heavy (non-hydrogen) atoms. The maximum absolute atomic E-state index is 10.8. The highest BCUT2D eigenvalue weighted by atomic mass is 35.5. The molecule has 0 saturated carbocycles. The Kier molecular flexibility index (Phi) is 11.1. The van der Waals surface area contributed by atoms with E-state index in [-0.39, 0.29) is 0 Å². The summed E-state index contributed by atoms with van der Waals surface area (Å²) in [7, 11) is 0. The van der Waals surface area contributed by atoms with Gasteiger partial charge in [-0.3, -0.25) is 0 Å². The van der Waals surface area contributed by atoms with E-state index in [2.05, 4.69) is 0 Å². The molecule has 0 rings (SSSR count). The number of alkyl halides is 3. The maximum atomic E-state index is 10.8. The molecule has 90 valence electrons. The summed E-state index contributed by atoms with van der Waals surface area (Å²) in [5.74, 6) is 0.185. The standard InChI is InChI=1S/C10H17Cl3O2/c11-7-5-3-1-2-4-6-8-15-10(14)9(12)13/h9H,1-8H2. The third kappa shape index (κ3) is 10.6. The van der Waals surface area contributed by atoms with E-state index in [1.807, 2.05) is 0 Å². The number of halogens is 3. The predicted molar refractivity (Wildman–Crippen MR) is 64.9 cm³/mol. The molecule has 0 N–H and O–H groups in total. The molecule has 0 aliphatic rings. The van der Waals surface area contributed by atoms with Crippen molar-refractivity contribution >= 4 is 40.8 Å². The van der Waals surface area contributed by atoms with Crippen LogP contribution in [0.5, 0.6) is 0 Å². The molecular weight excluding hydrogens is 258 g/mol. The second kappa shape index (κ2) is 10.8. The van der Waals surface area contributed by atoms with E-state index < -0.39 is 10.8 Å². The predicted octanol–water partition coefficient (Wildman–Crippen LogP) is 3.91. The molecular formula is C10H17Cl3O2. The van der Waals surface area contributed by atoms with Crippen LogP contribution in [0, 0.1) is 0 Å². The van der Waals surface area contributed by atoms with E-state index in [9.17, 15) is 4.79 Å². The Balaban J connectivity index is 3.08. The molecule has 0 atom stereocenters. The molecule has 5 heteroatoms. The number of hydrogen-bond acceptors (Lipinski definition) is 2. The normalized spacial score (nSPS) is 10.7. The largest absolute Gasteiger partial charge is 0.464 e. The molecule has 0 aliphatic carbocycles. The van der Waals surface area contributed by atoms with Crippen molar-refractivity contribution in [3.05, 3.63) is 0 Å². The van der Waals surface area contributed by atoms with Gasteiger partial charge in [-0.15, -0.1) is 11.6 Å². The van der Waals surface area contributed by atoms with E-state index >= 15 is 0 Å². The molecule has 0 amide bonds. The summed E-state index contributed by atoms with van der Waals surface area (Å²) in [6.07, 6.45) is 6.53. The van der Waals surface area contributed by atoms with Gasteiger partial charge in [-0.25, -0.2) is 4.79 Å².